The maximum absolute atomic E-state index is 12.5. The van der Waals surface area contributed by atoms with Crippen LogP contribution in [0.25, 0.3) is 0 Å². The van der Waals surface area contributed by atoms with Crippen LogP contribution in [0.2, 0.25) is 0 Å². The number of rotatable bonds is 47. The van der Waals surface area contributed by atoms with Gasteiger partial charge >= 0.3 is 0 Å². The van der Waals surface area contributed by atoms with Crippen molar-refractivity contribution in [2.45, 2.75) is 301 Å². The summed E-state index contributed by atoms with van der Waals surface area (Å²) in [5, 5.41) is 43.8. The summed E-state index contributed by atoms with van der Waals surface area (Å²) in [4.78, 5) is 12.5. The van der Waals surface area contributed by atoms with Crippen molar-refractivity contribution < 1.29 is 25.2 Å². The second-order valence-corrected chi connectivity index (χ2v) is 17.9. The monoisotopic (exact) mass is 808 g/mol. The van der Waals surface area contributed by atoms with Gasteiger partial charge in [-0.1, -0.05) is 251 Å². The Hall–Kier alpha value is -0.950. The summed E-state index contributed by atoms with van der Waals surface area (Å²) in [5.74, 6) is -0.589. The number of aliphatic hydroxyl groups is 4. The second-order valence-electron chi connectivity index (χ2n) is 17.9. The van der Waals surface area contributed by atoms with Crippen LogP contribution in [0, 0.1) is 0 Å². The molecule has 1 amide bonds. The Labute approximate surface area is 355 Å². The molecule has 340 valence electrons. The van der Waals surface area contributed by atoms with Crippen LogP contribution in [0.4, 0.5) is 0 Å². The number of amides is 1. The minimum Gasteiger partial charge on any atom is -0.394 e. The molecule has 5 N–H and O–H groups in total. The van der Waals surface area contributed by atoms with E-state index < -0.39 is 36.9 Å². The molecule has 0 aliphatic rings. The first kappa shape index (κ1) is 56.0. The lowest BCUT2D eigenvalue weighted by atomic mass is 10.00. The van der Waals surface area contributed by atoms with Gasteiger partial charge in [0, 0.05) is 0 Å². The highest BCUT2D eigenvalue weighted by atomic mass is 16.3. The molecule has 6 nitrogen and oxygen atoms in total. The normalized spacial score (nSPS) is 14.0. The van der Waals surface area contributed by atoms with Crippen LogP contribution in [-0.4, -0.2) is 57.3 Å². The summed E-state index contributed by atoms with van der Waals surface area (Å²) >= 11 is 0. The highest BCUT2D eigenvalue weighted by Gasteiger charge is 2.28. The number of carbonyl (C=O) groups excluding carboxylic acids is 1. The maximum Gasteiger partial charge on any atom is 0.249 e. The molecule has 0 aliphatic carbocycles. The molecule has 0 aromatic heterocycles. The van der Waals surface area contributed by atoms with E-state index in [1.165, 1.54) is 212 Å². The average molecular weight is 808 g/mol. The van der Waals surface area contributed by atoms with E-state index in [-0.39, 0.29) is 0 Å². The van der Waals surface area contributed by atoms with Gasteiger partial charge < -0.3 is 25.7 Å². The predicted molar refractivity (Wildman–Crippen MR) is 247 cm³/mol. The third-order valence-electron chi connectivity index (χ3n) is 12.2. The number of allylic oxidation sites excluding steroid dienone is 2. The number of carbonyl (C=O) groups is 1. The molecule has 0 saturated carbocycles. The van der Waals surface area contributed by atoms with Crippen molar-refractivity contribution >= 4 is 5.91 Å². The summed E-state index contributed by atoms with van der Waals surface area (Å²) in [7, 11) is 0. The molecule has 0 aromatic rings. The molecule has 4 atom stereocenters. The minimum atomic E-state index is -1.28. The lowest BCUT2D eigenvalue weighted by Gasteiger charge is -2.27. The quantitative estimate of drug-likeness (QED) is 0.0311. The Morgan fingerprint density at radius 2 is 0.719 bits per heavy atom. The number of hydrogen-bond acceptors (Lipinski definition) is 5. The van der Waals surface area contributed by atoms with Gasteiger partial charge in [0.05, 0.1) is 18.8 Å². The summed E-state index contributed by atoms with van der Waals surface area (Å²) in [5.41, 5.74) is 0. The minimum absolute atomic E-state index is 0.368. The maximum atomic E-state index is 12.5. The molecule has 0 bridgehead atoms. The van der Waals surface area contributed by atoms with Crippen LogP contribution in [0.3, 0.4) is 0 Å². The third-order valence-corrected chi connectivity index (χ3v) is 12.2. The van der Waals surface area contributed by atoms with E-state index in [1.807, 2.05) is 0 Å². The van der Waals surface area contributed by atoms with Crippen LogP contribution in [0.15, 0.2) is 12.2 Å². The van der Waals surface area contributed by atoms with Gasteiger partial charge in [-0.25, -0.2) is 0 Å². The Kier molecular flexibility index (Phi) is 45.4. The van der Waals surface area contributed by atoms with Gasteiger partial charge in [0.2, 0.25) is 5.91 Å². The van der Waals surface area contributed by atoms with Crippen molar-refractivity contribution in [2.75, 3.05) is 6.61 Å². The van der Waals surface area contributed by atoms with Crippen molar-refractivity contribution in [3.05, 3.63) is 12.2 Å². The Bertz CT molecular complexity index is 821. The van der Waals surface area contributed by atoms with E-state index >= 15 is 0 Å². The highest BCUT2D eigenvalue weighted by molar-refractivity contribution is 5.80. The topological polar surface area (TPSA) is 110 Å². The molecule has 0 heterocycles. The molecule has 0 fully saturated rings. The van der Waals surface area contributed by atoms with Crippen LogP contribution in [-0.2, 0) is 4.79 Å². The molecule has 4 unspecified atom stereocenters. The van der Waals surface area contributed by atoms with Crippen LogP contribution >= 0.6 is 0 Å². The van der Waals surface area contributed by atoms with Gasteiger partial charge in [0.1, 0.15) is 12.2 Å². The van der Waals surface area contributed by atoms with E-state index in [2.05, 4.69) is 31.3 Å². The first-order valence-electron chi connectivity index (χ1n) is 25.6. The summed E-state index contributed by atoms with van der Waals surface area (Å²) in [6, 6.07) is -0.997. The molecule has 6 heteroatoms. The SMILES string of the molecule is CCCCCCCCCCCCCCCCCCCCCCC/C=C/CCCC(O)C(O)C(CO)NC(=O)C(O)CCCCCCCCCCCCCCCCC. The largest absolute Gasteiger partial charge is 0.394 e. The van der Waals surface area contributed by atoms with Gasteiger partial charge in [-0.2, -0.15) is 0 Å². The van der Waals surface area contributed by atoms with Gasteiger partial charge in [0.15, 0.2) is 0 Å². The Morgan fingerprint density at radius 1 is 0.421 bits per heavy atom. The number of nitrogens with one attached hydrogen (secondary N) is 1. The van der Waals surface area contributed by atoms with E-state index in [1.54, 1.807) is 0 Å². The van der Waals surface area contributed by atoms with Gasteiger partial charge in [0.25, 0.3) is 0 Å². The van der Waals surface area contributed by atoms with Gasteiger partial charge in [-0.3, -0.25) is 4.79 Å². The number of unbranched alkanes of at least 4 members (excludes halogenated alkanes) is 36. The smallest absolute Gasteiger partial charge is 0.249 e. The van der Waals surface area contributed by atoms with Gasteiger partial charge in [-0.15, -0.1) is 0 Å². The standard InChI is InChI=1S/C51H101NO5/c1-3-5-7-9-11-13-15-17-19-20-21-22-23-24-25-26-27-28-29-31-32-34-36-38-40-42-44-48(54)50(56)47(46-53)52-51(57)49(55)45-43-41-39-37-35-33-30-18-16-14-12-10-8-6-4-2/h36,38,47-50,53-56H,3-35,37,39-46H2,1-2H3,(H,52,57)/b38-36+. The Balaban J connectivity index is 3.65. The number of hydrogen-bond donors (Lipinski definition) is 5. The zero-order valence-corrected chi connectivity index (χ0v) is 38.4. The zero-order chi connectivity index (χ0) is 41.7. The fourth-order valence-electron chi connectivity index (χ4n) is 8.17. The molecule has 0 saturated heterocycles. The summed E-state index contributed by atoms with van der Waals surface area (Å²) in [6.07, 6.45) is 52.7. The van der Waals surface area contributed by atoms with Gasteiger partial charge in [-0.05, 0) is 38.5 Å². The first-order valence-corrected chi connectivity index (χ1v) is 25.6. The molecule has 0 aliphatic heterocycles. The van der Waals surface area contributed by atoms with Crippen molar-refractivity contribution in [3.8, 4) is 0 Å². The van der Waals surface area contributed by atoms with Crippen LogP contribution in [0.5, 0.6) is 0 Å². The lowest BCUT2D eigenvalue weighted by Crippen LogP contribution is -2.53. The van der Waals surface area contributed by atoms with Crippen molar-refractivity contribution in [1.29, 1.82) is 0 Å². The molecular weight excluding hydrogens is 707 g/mol. The molecule has 0 rings (SSSR count). The fourth-order valence-corrected chi connectivity index (χ4v) is 8.17. The molecule has 57 heavy (non-hydrogen) atoms. The van der Waals surface area contributed by atoms with Crippen molar-refractivity contribution in [2.24, 2.45) is 0 Å². The van der Waals surface area contributed by atoms with E-state index in [9.17, 15) is 25.2 Å². The molecular formula is C51H101NO5. The lowest BCUT2D eigenvalue weighted by molar-refractivity contribution is -0.132. The van der Waals surface area contributed by atoms with E-state index in [4.69, 9.17) is 0 Å². The first-order chi connectivity index (χ1) is 28.0. The number of aliphatic hydroxyl groups excluding tert-OH is 4. The zero-order valence-electron chi connectivity index (χ0n) is 38.4. The van der Waals surface area contributed by atoms with Crippen LogP contribution < -0.4 is 5.32 Å². The predicted octanol–water partition coefficient (Wildman–Crippen LogP) is 14.1. The average Bonchev–Trinajstić information content (AvgIpc) is 3.22. The van der Waals surface area contributed by atoms with Crippen LogP contribution in [0.1, 0.15) is 277 Å². The van der Waals surface area contributed by atoms with E-state index in [0.717, 1.165) is 38.5 Å². The molecule has 0 aromatic carbocycles. The third kappa shape index (κ3) is 40.2. The fraction of sp³-hybridized carbons (Fsp3) is 0.941. The highest BCUT2D eigenvalue weighted by Crippen LogP contribution is 2.17. The molecule has 0 spiro atoms. The van der Waals surface area contributed by atoms with Crippen molar-refractivity contribution in [3.63, 3.8) is 0 Å². The summed E-state index contributed by atoms with van der Waals surface area (Å²) in [6.45, 7) is 4.07. The van der Waals surface area contributed by atoms with Crippen molar-refractivity contribution in [1.82, 2.24) is 5.32 Å². The second kappa shape index (κ2) is 46.1. The van der Waals surface area contributed by atoms with E-state index in [0.29, 0.717) is 12.8 Å². The summed E-state index contributed by atoms with van der Waals surface area (Å²) < 4.78 is 0. The Morgan fingerprint density at radius 3 is 1.05 bits per heavy atom. The molecule has 0 radical (unpaired) electrons.